The maximum atomic E-state index is 12.8. The second kappa shape index (κ2) is 7.59. The summed E-state index contributed by atoms with van der Waals surface area (Å²) in [6, 6.07) is 8.99. The Kier molecular flexibility index (Phi) is 5.00. The van der Waals surface area contributed by atoms with Crippen molar-refractivity contribution in [3.63, 3.8) is 0 Å². The van der Waals surface area contributed by atoms with E-state index in [1.807, 2.05) is 29.2 Å². The van der Waals surface area contributed by atoms with Crippen molar-refractivity contribution in [2.75, 3.05) is 19.6 Å². The molecule has 1 saturated heterocycles. The van der Waals surface area contributed by atoms with Crippen molar-refractivity contribution in [1.29, 1.82) is 0 Å². The van der Waals surface area contributed by atoms with Crippen LogP contribution in [0.3, 0.4) is 0 Å². The molecule has 1 unspecified atom stereocenters. The SMILES string of the molecule is NC(=O)C1Cc2ccccc2CN1CC(=O)c1c[nH]c(C(=O)N2CCCC2)c1. The van der Waals surface area contributed by atoms with Crippen molar-refractivity contribution in [2.24, 2.45) is 5.73 Å². The lowest BCUT2D eigenvalue weighted by Gasteiger charge is -2.34. The monoisotopic (exact) mass is 380 g/mol. The lowest BCUT2D eigenvalue weighted by molar-refractivity contribution is -0.123. The number of Topliss-reactive ketones (excluding diaryl/α,β-unsaturated/α-hetero) is 1. The van der Waals surface area contributed by atoms with Crippen LogP contribution in [0, 0.1) is 0 Å². The van der Waals surface area contributed by atoms with Crippen molar-refractivity contribution in [1.82, 2.24) is 14.8 Å². The van der Waals surface area contributed by atoms with Gasteiger partial charge in [-0.15, -0.1) is 0 Å². The van der Waals surface area contributed by atoms with Crippen molar-refractivity contribution >= 4 is 17.6 Å². The molecule has 0 bridgehead atoms. The van der Waals surface area contributed by atoms with Gasteiger partial charge in [0.25, 0.3) is 5.91 Å². The second-order valence-corrected chi connectivity index (χ2v) is 7.52. The molecule has 0 spiro atoms. The van der Waals surface area contributed by atoms with Gasteiger partial charge in [0.2, 0.25) is 5.91 Å². The number of H-pyrrole nitrogens is 1. The fraction of sp³-hybridized carbons (Fsp3) is 0.381. The van der Waals surface area contributed by atoms with Crippen LogP contribution < -0.4 is 5.73 Å². The minimum atomic E-state index is -0.511. The van der Waals surface area contributed by atoms with Crippen LogP contribution >= 0.6 is 0 Å². The smallest absolute Gasteiger partial charge is 0.270 e. The average molecular weight is 380 g/mol. The van der Waals surface area contributed by atoms with Gasteiger partial charge in [-0.3, -0.25) is 19.3 Å². The Hall–Kier alpha value is -2.93. The van der Waals surface area contributed by atoms with Crippen molar-refractivity contribution < 1.29 is 14.4 Å². The van der Waals surface area contributed by atoms with Crippen LogP contribution in [0.5, 0.6) is 0 Å². The van der Waals surface area contributed by atoms with Crippen LogP contribution in [0.15, 0.2) is 36.5 Å². The highest BCUT2D eigenvalue weighted by Gasteiger charge is 2.31. The summed E-state index contributed by atoms with van der Waals surface area (Å²) in [5.41, 5.74) is 8.67. The molecule has 0 saturated carbocycles. The van der Waals surface area contributed by atoms with E-state index >= 15 is 0 Å². The van der Waals surface area contributed by atoms with Gasteiger partial charge in [0.15, 0.2) is 5.78 Å². The highest BCUT2D eigenvalue weighted by Crippen LogP contribution is 2.23. The number of hydrogen-bond acceptors (Lipinski definition) is 4. The zero-order valence-corrected chi connectivity index (χ0v) is 15.7. The number of aromatic nitrogens is 1. The number of nitrogens with one attached hydrogen (secondary N) is 1. The molecule has 7 nitrogen and oxygen atoms in total. The van der Waals surface area contributed by atoms with Gasteiger partial charge in [-0.25, -0.2) is 0 Å². The quantitative estimate of drug-likeness (QED) is 0.765. The van der Waals surface area contributed by atoms with Gasteiger partial charge in [0, 0.05) is 31.4 Å². The molecule has 1 aromatic heterocycles. The number of fused-ring (bicyclic) bond motifs is 1. The molecule has 1 fully saturated rings. The van der Waals surface area contributed by atoms with E-state index < -0.39 is 11.9 Å². The first-order valence-corrected chi connectivity index (χ1v) is 9.64. The number of ketones is 1. The van der Waals surface area contributed by atoms with Crippen molar-refractivity contribution in [3.8, 4) is 0 Å². The molecule has 3 heterocycles. The summed E-state index contributed by atoms with van der Waals surface area (Å²) < 4.78 is 0. The third-order valence-corrected chi connectivity index (χ3v) is 5.65. The molecule has 0 radical (unpaired) electrons. The Morgan fingerprint density at radius 2 is 1.82 bits per heavy atom. The second-order valence-electron chi connectivity index (χ2n) is 7.52. The van der Waals surface area contributed by atoms with Crippen LogP contribution in [-0.2, 0) is 17.8 Å². The summed E-state index contributed by atoms with van der Waals surface area (Å²) in [5, 5.41) is 0. The molecule has 2 amide bonds. The largest absolute Gasteiger partial charge is 0.368 e. The minimum Gasteiger partial charge on any atom is -0.368 e. The van der Waals surface area contributed by atoms with Gasteiger partial charge in [-0.05, 0) is 36.5 Å². The summed E-state index contributed by atoms with van der Waals surface area (Å²) in [6.07, 6.45) is 4.11. The maximum absolute atomic E-state index is 12.8. The minimum absolute atomic E-state index is 0.0709. The van der Waals surface area contributed by atoms with Gasteiger partial charge in [0.05, 0.1) is 12.6 Å². The fourth-order valence-corrected chi connectivity index (χ4v) is 4.07. The molecular weight excluding hydrogens is 356 g/mol. The Balaban J connectivity index is 1.48. The fourth-order valence-electron chi connectivity index (χ4n) is 4.07. The molecule has 2 aliphatic heterocycles. The van der Waals surface area contributed by atoms with E-state index in [-0.39, 0.29) is 18.2 Å². The number of hydrogen-bond donors (Lipinski definition) is 2. The predicted molar refractivity (Wildman–Crippen MR) is 104 cm³/mol. The Bertz CT molecular complexity index is 914. The van der Waals surface area contributed by atoms with Crippen LogP contribution in [-0.4, -0.2) is 58.1 Å². The first-order valence-electron chi connectivity index (χ1n) is 9.64. The van der Waals surface area contributed by atoms with Gasteiger partial charge in [-0.1, -0.05) is 24.3 Å². The average Bonchev–Trinajstić information content (AvgIpc) is 3.39. The molecule has 2 aromatic rings. The highest BCUT2D eigenvalue weighted by atomic mass is 16.2. The number of benzene rings is 1. The molecule has 7 heteroatoms. The first-order chi connectivity index (χ1) is 13.5. The summed E-state index contributed by atoms with van der Waals surface area (Å²) in [5.74, 6) is -0.637. The van der Waals surface area contributed by atoms with E-state index in [9.17, 15) is 14.4 Å². The lowest BCUT2D eigenvalue weighted by Crippen LogP contribution is -2.50. The highest BCUT2D eigenvalue weighted by molar-refractivity contribution is 6.01. The van der Waals surface area contributed by atoms with E-state index in [0.29, 0.717) is 24.2 Å². The summed E-state index contributed by atoms with van der Waals surface area (Å²) in [4.78, 5) is 43.8. The summed E-state index contributed by atoms with van der Waals surface area (Å²) in [7, 11) is 0. The summed E-state index contributed by atoms with van der Waals surface area (Å²) in [6.45, 7) is 2.10. The number of aromatic amines is 1. The van der Waals surface area contributed by atoms with E-state index in [1.165, 1.54) is 0 Å². The van der Waals surface area contributed by atoms with Crippen molar-refractivity contribution in [2.45, 2.75) is 31.8 Å². The zero-order valence-electron chi connectivity index (χ0n) is 15.7. The van der Waals surface area contributed by atoms with Crippen LogP contribution in [0.4, 0.5) is 0 Å². The first kappa shape index (κ1) is 18.4. The molecule has 1 atom stereocenters. The molecule has 0 aliphatic carbocycles. The number of likely N-dealkylation sites (tertiary alicyclic amines) is 1. The molecule has 4 rings (SSSR count). The molecule has 2 aliphatic rings. The van der Waals surface area contributed by atoms with Crippen LogP contribution in [0.2, 0.25) is 0 Å². The molecule has 3 N–H and O–H groups in total. The number of carbonyl (C=O) groups excluding carboxylic acids is 3. The third kappa shape index (κ3) is 3.57. The number of rotatable bonds is 5. The molecule has 28 heavy (non-hydrogen) atoms. The maximum Gasteiger partial charge on any atom is 0.270 e. The Morgan fingerprint density at radius 3 is 2.54 bits per heavy atom. The molecular formula is C21H24N4O3. The van der Waals surface area contributed by atoms with Gasteiger partial charge in [-0.2, -0.15) is 0 Å². The molecule has 146 valence electrons. The summed E-state index contributed by atoms with van der Waals surface area (Å²) >= 11 is 0. The van der Waals surface area contributed by atoms with Crippen LogP contribution in [0.25, 0.3) is 0 Å². The number of amides is 2. The van der Waals surface area contributed by atoms with E-state index in [1.54, 1.807) is 17.2 Å². The zero-order chi connectivity index (χ0) is 19.7. The topological polar surface area (TPSA) is 99.5 Å². The number of carbonyl (C=O) groups is 3. The number of primary amides is 1. The normalized spacial score (nSPS) is 19.4. The van der Waals surface area contributed by atoms with Crippen LogP contribution in [0.1, 0.15) is 44.8 Å². The van der Waals surface area contributed by atoms with Gasteiger partial charge >= 0.3 is 0 Å². The predicted octanol–water partition coefficient (Wildman–Crippen LogP) is 1.35. The Labute approximate surface area is 163 Å². The standard InChI is InChI=1S/C21H24N4O3/c22-20(27)18-10-14-5-1-2-6-15(14)12-25(18)13-19(26)16-9-17(23-11-16)21(28)24-7-3-4-8-24/h1-2,5-6,9,11,18,23H,3-4,7-8,10,12-13H2,(H2,22,27). The molecule has 1 aromatic carbocycles. The van der Waals surface area contributed by atoms with Gasteiger partial charge < -0.3 is 15.6 Å². The van der Waals surface area contributed by atoms with Crippen molar-refractivity contribution in [3.05, 3.63) is 58.9 Å². The van der Waals surface area contributed by atoms with Gasteiger partial charge in [0.1, 0.15) is 5.69 Å². The van der Waals surface area contributed by atoms with E-state index in [2.05, 4.69) is 4.98 Å². The van der Waals surface area contributed by atoms with E-state index in [4.69, 9.17) is 5.73 Å². The van der Waals surface area contributed by atoms with E-state index in [0.717, 1.165) is 37.1 Å². The lowest BCUT2D eigenvalue weighted by atomic mass is 9.93. The number of nitrogens with two attached hydrogens (primary N) is 1. The Morgan fingerprint density at radius 1 is 1.11 bits per heavy atom. The third-order valence-electron chi connectivity index (χ3n) is 5.65. The number of nitrogens with zero attached hydrogens (tertiary/aromatic N) is 2.